The molecule has 0 aliphatic heterocycles. The van der Waals surface area contributed by atoms with Crippen LogP contribution < -0.4 is 10.1 Å². The van der Waals surface area contributed by atoms with Crippen LogP contribution in [0.5, 0.6) is 5.75 Å². The van der Waals surface area contributed by atoms with Gasteiger partial charge in [-0.3, -0.25) is 9.78 Å². The number of hydrogen-bond donors (Lipinski definition) is 1. The van der Waals surface area contributed by atoms with Gasteiger partial charge in [-0.1, -0.05) is 18.2 Å². The van der Waals surface area contributed by atoms with Gasteiger partial charge in [0, 0.05) is 17.7 Å². The minimum Gasteiger partial charge on any atom is -0.487 e. The van der Waals surface area contributed by atoms with E-state index in [1.54, 1.807) is 23.6 Å². The van der Waals surface area contributed by atoms with Crippen LogP contribution in [0.3, 0.4) is 0 Å². The summed E-state index contributed by atoms with van der Waals surface area (Å²) in [5.41, 5.74) is 2.63. The summed E-state index contributed by atoms with van der Waals surface area (Å²) in [5, 5.41) is 5.82. The summed E-state index contributed by atoms with van der Waals surface area (Å²) in [5.74, 6) is 0.576. The molecule has 5 nitrogen and oxygen atoms in total. The standard InChI is InChI=1S/C20H19N3O2S/c1-15-23-18(14-26-15)13-25-19-7-4-5-16(11-19)8-9-20(24)22-12-17-6-2-3-10-21-17/h2-11,14H,12-13H2,1H3,(H,22,24). The number of hydrogen-bond acceptors (Lipinski definition) is 5. The Balaban J connectivity index is 1.52. The van der Waals surface area contributed by atoms with E-state index in [4.69, 9.17) is 4.74 Å². The summed E-state index contributed by atoms with van der Waals surface area (Å²) in [6.07, 6.45) is 4.97. The van der Waals surface area contributed by atoms with Crippen LogP contribution in [-0.2, 0) is 17.9 Å². The average molecular weight is 365 g/mol. The minimum atomic E-state index is -0.167. The van der Waals surface area contributed by atoms with Gasteiger partial charge in [-0.05, 0) is 42.8 Å². The Labute approximate surface area is 156 Å². The van der Waals surface area contributed by atoms with Gasteiger partial charge in [0.05, 0.1) is 22.9 Å². The maximum atomic E-state index is 11.9. The van der Waals surface area contributed by atoms with Gasteiger partial charge in [0.15, 0.2) is 0 Å². The molecular formula is C20H19N3O2S. The zero-order valence-electron chi connectivity index (χ0n) is 14.4. The van der Waals surface area contributed by atoms with Crippen LogP contribution in [-0.4, -0.2) is 15.9 Å². The van der Waals surface area contributed by atoms with E-state index in [1.807, 2.05) is 54.8 Å². The number of benzene rings is 1. The molecule has 0 saturated heterocycles. The van der Waals surface area contributed by atoms with Crippen LogP contribution in [0.1, 0.15) is 22.0 Å². The number of amides is 1. The summed E-state index contributed by atoms with van der Waals surface area (Å²) in [7, 11) is 0. The Hall–Kier alpha value is -2.99. The number of carbonyl (C=O) groups excluding carboxylic acids is 1. The molecule has 0 radical (unpaired) electrons. The normalized spacial score (nSPS) is 10.8. The number of nitrogens with zero attached hydrogens (tertiary/aromatic N) is 2. The second-order valence-electron chi connectivity index (χ2n) is 5.59. The molecular weight excluding hydrogens is 346 g/mol. The molecule has 0 spiro atoms. The van der Waals surface area contributed by atoms with Crippen LogP contribution >= 0.6 is 11.3 Å². The molecule has 1 amide bonds. The Morgan fingerprint density at radius 3 is 2.92 bits per heavy atom. The van der Waals surface area contributed by atoms with Crippen LogP contribution in [0, 0.1) is 6.92 Å². The monoisotopic (exact) mass is 365 g/mol. The lowest BCUT2D eigenvalue weighted by atomic mass is 10.2. The molecule has 2 heterocycles. The van der Waals surface area contributed by atoms with Gasteiger partial charge in [-0.2, -0.15) is 0 Å². The van der Waals surface area contributed by atoms with E-state index in [0.717, 1.165) is 27.7 Å². The van der Waals surface area contributed by atoms with Crippen molar-refractivity contribution in [1.82, 2.24) is 15.3 Å². The van der Waals surface area contributed by atoms with Gasteiger partial charge in [0.25, 0.3) is 0 Å². The molecule has 0 aliphatic rings. The van der Waals surface area contributed by atoms with E-state index in [9.17, 15) is 4.79 Å². The Kier molecular flexibility index (Phi) is 6.11. The minimum absolute atomic E-state index is 0.167. The van der Waals surface area contributed by atoms with Gasteiger partial charge in [0.2, 0.25) is 5.91 Å². The second-order valence-corrected chi connectivity index (χ2v) is 6.65. The lowest BCUT2D eigenvalue weighted by Crippen LogP contribution is -2.20. The van der Waals surface area contributed by atoms with Crippen molar-refractivity contribution in [2.75, 3.05) is 0 Å². The number of aryl methyl sites for hydroxylation is 1. The number of ether oxygens (including phenoxy) is 1. The highest BCUT2D eigenvalue weighted by molar-refractivity contribution is 7.09. The van der Waals surface area contributed by atoms with Crippen molar-refractivity contribution in [2.45, 2.75) is 20.1 Å². The highest BCUT2D eigenvalue weighted by Crippen LogP contribution is 2.17. The fourth-order valence-corrected chi connectivity index (χ4v) is 2.85. The molecule has 2 aromatic heterocycles. The third kappa shape index (κ3) is 5.53. The first-order valence-electron chi connectivity index (χ1n) is 8.19. The summed E-state index contributed by atoms with van der Waals surface area (Å²) >= 11 is 1.61. The predicted molar refractivity (Wildman–Crippen MR) is 103 cm³/mol. The number of aromatic nitrogens is 2. The molecule has 0 fully saturated rings. The Bertz CT molecular complexity index is 891. The summed E-state index contributed by atoms with van der Waals surface area (Å²) in [4.78, 5) is 20.5. The van der Waals surface area contributed by atoms with E-state index in [0.29, 0.717) is 13.2 Å². The van der Waals surface area contributed by atoms with Crippen molar-refractivity contribution in [3.63, 3.8) is 0 Å². The predicted octanol–water partition coefficient (Wildman–Crippen LogP) is 3.76. The van der Waals surface area contributed by atoms with E-state index in [-0.39, 0.29) is 5.91 Å². The lowest BCUT2D eigenvalue weighted by molar-refractivity contribution is -0.116. The Morgan fingerprint density at radius 2 is 2.15 bits per heavy atom. The molecule has 1 N–H and O–H groups in total. The van der Waals surface area contributed by atoms with Gasteiger partial charge >= 0.3 is 0 Å². The first kappa shape index (κ1) is 17.8. The molecule has 0 bridgehead atoms. The molecule has 0 aliphatic carbocycles. The topological polar surface area (TPSA) is 64.1 Å². The van der Waals surface area contributed by atoms with Gasteiger partial charge < -0.3 is 10.1 Å². The molecule has 0 saturated carbocycles. The number of thiazole rings is 1. The number of nitrogens with one attached hydrogen (secondary N) is 1. The average Bonchev–Trinajstić information content (AvgIpc) is 3.09. The maximum absolute atomic E-state index is 11.9. The largest absolute Gasteiger partial charge is 0.487 e. The van der Waals surface area contributed by atoms with Gasteiger partial charge in [0.1, 0.15) is 12.4 Å². The first-order valence-corrected chi connectivity index (χ1v) is 9.07. The number of carbonyl (C=O) groups is 1. The number of pyridine rings is 1. The quantitative estimate of drug-likeness (QED) is 0.648. The van der Waals surface area contributed by atoms with Crippen molar-refractivity contribution in [3.8, 4) is 5.75 Å². The van der Waals surface area contributed by atoms with Gasteiger partial charge in [-0.25, -0.2) is 4.98 Å². The maximum Gasteiger partial charge on any atom is 0.244 e. The van der Waals surface area contributed by atoms with Crippen LogP contribution in [0.4, 0.5) is 0 Å². The van der Waals surface area contributed by atoms with E-state index in [1.165, 1.54) is 6.08 Å². The highest BCUT2D eigenvalue weighted by atomic mass is 32.1. The molecule has 1 aromatic carbocycles. The van der Waals surface area contributed by atoms with Crippen molar-refractivity contribution < 1.29 is 9.53 Å². The zero-order chi connectivity index (χ0) is 18.2. The van der Waals surface area contributed by atoms with E-state index < -0.39 is 0 Å². The van der Waals surface area contributed by atoms with Crippen molar-refractivity contribution in [1.29, 1.82) is 0 Å². The smallest absolute Gasteiger partial charge is 0.244 e. The molecule has 132 valence electrons. The van der Waals surface area contributed by atoms with Crippen molar-refractivity contribution in [3.05, 3.63) is 82.1 Å². The summed E-state index contributed by atoms with van der Waals surface area (Å²) < 4.78 is 5.76. The van der Waals surface area contributed by atoms with Crippen LogP contribution in [0.15, 0.2) is 60.1 Å². The third-order valence-corrected chi connectivity index (χ3v) is 4.33. The fourth-order valence-electron chi connectivity index (χ4n) is 2.25. The molecule has 3 rings (SSSR count). The lowest BCUT2D eigenvalue weighted by Gasteiger charge is -2.05. The first-order chi connectivity index (χ1) is 12.7. The van der Waals surface area contributed by atoms with Crippen molar-refractivity contribution >= 4 is 23.3 Å². The fraction of sp³-hybridized carbons (Fsp3) is 0.150. The zero-order valence-corrected chi connectivity index (χ0v) is 15.2. The second kappa shape index (κ2) is 8.92. The van der Waals surface area contributed by atoms with Crippen molar-refractivity contribution in [2.24, 2.45) is 0 Å². The van der Waals surface area contributed by atoms with E-state index in [2.05, 4.69) is 15.3 Å². The molecule has 0 unspecified atom stereocenters. The molecule has 6 heteroatoms. The summed E-state index contributed by atoms with van der Waals surface area (Å²) in [6.45, 7) is 2.81. The third-order valence-electron chi connectivity index (χ3n) is 3.51. The molecule has 26 heavy (non-hydrogen) atoms. The summed E-state index contributed by atoms with van der Waals surface area (Å²) in [6, 6.07) is 13.2. The van der Waals surface area contributed by atoms with Gasteiger partial charge in [-0.15, -0.1) is 11.3 Å². The SMILES string of the molecule is Cc1nc(COc2cccc(C=CC(=O)NCc3ccccn3)c2)cs1. The molecule has 0 atom stereocenters. The number of rotatable bonds is 7. The van der Waals surface area contributed by atoms with E-state index >= 15 is 0 Å². The Morgan fingerprint density at radius 1 is 1.23 bits per heavy atom. The highest BCUT2D eigenvalue weighted by Gasteiger charge is 2.01. The van der Waals surface area contributed by atoms with Crippen LogP contribution in [0.25, 0.3) is 6.08 Å². The molecule has 3 aromatic rings. The van der Waals surface area contributed by atoms with Crippen LogP contribution in [0.2, 0.25) is 0 Å².